The number of aryl methyl sites for hydroxylation is 2. The van der Waals surface area contributed by atoms with E-state index in [9.17, 15) is 9.59 Å². The summed E-state index contributed by atoms with van der Waals surface area (Å²) in [6, 6.07) is 11.7. The lowest BCUT2D eigenvalue weighted by Gasteiger charge is -2.43. The van der Waals surface area contributed by atoms with E-state index in [0.29, 0.717) is 42.1 Å². The summed E-state index contributed by atoms with van der Waals surface area (Å²) in [5.74, 6) is 0.449. The van der Waals surface area contributed by atoms with Crippen molar-refractivity contribution in [3.8, 4) is 0 Å². The predicted octanol–water partition coefficient (Wildman–Crippen LogP) is 3.80. The Morgan fingerprint density at radius 3 is 2.71 bits per heavy atom. The maximum Gasteiger partial charge on any atom is 0.257 e. The van der Waals surface area contributed by atoms with Gasteiger partial charge in [0.05, 0.1) is 16.8 Å². The van der Waals surface area contributed by atoms with Crippen molar-refractivity contribution in [3.63, 3.8) is 0 Å². The molecule has 1 saturated heterocycles. The summed E-state index contributed by atoms with van der Waals surface area (Å²) >= 11 is 0. The van der Waals surface area contributed by atoms with Gasteiger partial charge in [0.1, 0.15) is 5.52 Å². The lowest BCUT2D eigenvalue weighted by Crippen LogP contribution is -2.54. The number of amides is 2. The van der Waals surface area contributed by atoms with Crippen molar-refractivity contribution in [3.05, 3.63) is 70.5 Å². The zero-order chi connectivity index (χ0) is 26.4. The minimum atomic E-state index is -0.0299. The minimum absolute atomic E-state index is 0.00376. The van der Waals surface area contributed by atoms with Gasteiger partial charge in [-0.1, -0.05) is 11.3 Å². The average Bonchev–Trinajstić information content (AvgIpc) is 3.36. The first kappa shape index (κ1) is 24.0. The van der Waals surface area contributed by atoms with Gasteiger partial charge in [-0.2, -0.15) is 0 Å². The molecule has 0 saturated carbocycles. The van der Waals surface area contributed by atoms with Gasteiger partial charge in [0, 0.05) is 49.0 Å². The van der Waals surface area contributed by atoms with E-state index in [1.54, 1.807) is 18.3 Å². The summed E-state index contributed by atoms with van der Waals surface area (Å²) in [5.41, 5.74) is 6.67. The maximum atomic E-state index is 13.4. The number of piperidine rings is 1. The fourth-order valence-electron chi connectivity index (χ4n) is 5.73. The van der Waals surface area contributed by atoms with E-state index < -0.39 is 0 Å². The fourth-order valence-corrected chi connectivity index (χ4v) is 5.73. The molecular formula is C28H30N8O2. The minimum Gasteiger partial charge on any atom is -0.336 e. The number of rotatable bonds is 4. The van der Waals surface area contributed by atoms with Crippen LogP contribution in [-0.4, -0.2) is 72.2 Å². The van der Waals surface area contributed by atoms with E-state index >= 15 is 0 Å². The summed E-state index contributed by atoms with van der Waals surface area (Å²) in [6.07, 6.45) is 3.78. The van der Waals surface area contributed by atoms with Gasteiger partial charge in [0.15, 0.2) is 0 Å². The highest BCUT2D eigenvalue weighted by Gasteiger charge is 2.37. The number of aromatic amines is 1. The van der Waals surface area contributed by atoms with Crippen LogP contribution in [0.4, 0.5) is 11.6 Å². The molecule has 0 bridgehead atoms. The molecule has 2 aliphatic rings. The normalized spacial score (nSPS) is 19.5. The Hall–Kier alpha value is -4.34. The quantitative estimate of drug-likeness (QED) is 0.428. The number of carbonyl (C=O) groups is 2. The van der Waals surface area contributed by atoms with Crippen LogP contribution in [0.1, 0.15) is 57.3 Å². The number of aromatic nitrogens is 5. The van der Waals surface area contributed by atoms with Gasteiger partial charge in [-0.05, 0) is 75.1 Å². The molecule has 10 nitrogen and oxygen atoms in total. The Bertz CT molecular complexity index is 1530. The van der Waals surface area contributed by atoms with Crippen LogP contribution in [0.25, 0.3) is 11.0 Å². The number of benzene rings is 2. The molecule has 38 heavy (non-hydrogen) atoms. The SMILES string of the molecule is Cc1cc(C)cc(Nc2ncc3c(n2)CCN([C@@H]2CCN(C(=O)c4ccc5[nH]nnc5c4)[C@H](C)C2)C3=O)c1. The van der Waals surface area contributed by atoms with E-state index in [2.05, 4.69) is 57.5 Å². The maximum absolute atomic E-state index is 13.4. The molecule has 0 unspecified atom stereocenters. The second kappa shape index (κ2) is 9.51. The first-order valence-electron chi connectivity index (χ1n) is 13.0. The predicted molar refractivity (Wildman–Crippen MR) is 143 cm³/mol. The Morgan fingerprint density at radius 1 is 1.11 bits per heavy atom. The third kappa shape index (κ3) is 4.46. The van der Waals surface area contributed by atoms with Crippen LogP contribution >= 0.6 is 0 Å². The molecule has 10 heteroatoms. The van der Waals surface area contributed by atoms with Crippen LogP contribution in [0, 0.1) is 13.8 Å². The van der Waals surface area contributed by atoms with Crippen LogP contribution in [0.5, 0.6) is 0 Å². The van der Waals surface area contributed by atoms with Crippen LogP contribution in [0.2, 0.25) is 0 Å². The highest BCUT2D eigenvalue weighted by molar-refractivity contribution is 5.98. The Balaban J connectivity index is 1.13. The number of hydrogen-bond donors (Lipinski definition) is 2. The first-order valence-corrected chi connectivity index (χ1v) is 13.0. The monoisotopic (exact) mass is 510 g/mol. The molecule has 0 aliphatic carbocycles. The number of H-pyrrole nitrogens is 1. The van der Waals surface area contributed by atoms with Crippen LogP contribution in [0.3, 0.4) is 0 Å². The first-order chi connectivity index (χ1) is 18.4. The zero-order valence-corrected chi connectivity index (χ0v) is 21.7. The molecule has 6 rings (SSSR count). The molecule has 4 heterocycles. The number of carbonyl (C=O) groups excluding carboxylic acids is 2. The van der Waals surface area contributed by atoms with E-state index in [1.165, 1.54) is 0 Å². The number of hydrogen-bond acceptors (Lipinski definition) is 7. The smallest absolute Gasteiger partial charge is 0.257 e. The van der Waals surface area contributed by atoms with Gasteiger partial charge >= 0.3 is 0 Å². The number of anilines is 2. The van der Waals surface area contributed by atoms with Gasteiger partial charge in [-0.15, -0.1) is 5.10 Å². The van der Waals surface area contributed by atoms with Crippen molar-refractivity contribution >= 4 is 34.5 Å². The molecule has 1 fully saturated rings. The lowest BCUT2D eigenvalue weighted by molar-refractivity contribution is 0.0398. The van der Waals surface area contributed by atoms with E-state index in [-0.39, 0.29) is 23.9 Å². The molecule has 2 atom stereocenters. The number of nitrogens with zero attached hydrogens (tertiary/aromatic N) is 6. The Kier molecular flexibility index (Phi) is 6.01. The molecule has 194 valence electrons. The summed E-state index contributed by atoms with van der Waals surface area (Å²) in [4.78, 5) is 39.7. The molecule has 2 aromatic heterocycles. The molecule has 2 N–H and O–H groups in total. The van der Waals surface area contributed by atoms with Crippen LogP contribution < -0.4 is 5.32 Å². The molecule has 2 aromatic carbocycles. The average molecular weight is 511 g/mol. The summed E-state index contributed by atoms with van der Waals surface area (Å²) in [6.45, 7) is 7.36. The Morgan fingerprint density at radius 2 is 1.92 bits per heavy atom. The Labute approximate surface area is 220 Å². The van der Waals surface area contributed by atoms with E-state index in [0.717, 1.165) is 40.9 Å². The topological polar surface area (TPSA) is 120 Å². The fraction of sp³-hybridized carbons (Fsp3) is 0.357. The lowest BCUT2D eigenvalue weighted by atomic mass is 9.93. The second-order valence-electron chi connectivity index (χ2n) is 10.4. The number of likely N-dealkylation sites (tertiary alicyclic amines) is 1. The molecule has 0 radical (unpaired) electrons. The standard InChI is InChI=1S/C28H30N8O2/c1-16-10-17(2)12-20(11-16)30-28-29-15-22-23(31-28)7-9-36(27(22)38)21-6-8-35(18(3)13-21)26(37)19-4-5-24-25(14-19)33-34-32-24/h4-5,10-12,14-15,18,21H,6-9,13H2,1-3H3,(H,29,30,31)(H,32,33,34)/t18-,21-/m1/s1. The van der Waals surface area contributed by atoms with Gasteiger partial charge in [-0.3, -0.25) is 14.7 Å². The highest BCUT2D eigenvalue weighted by atomic mass is 16.2. The van der Waals surface area contributed by atoms with Gasteiger partial charge in [0.25, 0.3) is 11.8 Å². The molecule has 4 aromatic rings. The number of nitrogens with one attached hydrogen (secondary N) is 2. The van der Waals surface area contributed by atoms with Crippen molar-refractivity contribution in [1.82, 2.24) is 35.2 Å². The van der Waals surface area contributed by atoms with Gasteiger partial charge < -0.3 is 15.1 Å². The number of fused-ring (bicyclic) bond motifs is 2. The van der Waals surface area contributed by atoms with Crippen molar-refractivity contribution in [1.29, 1.82) is 0 Å². The van der Waals surface area contributed by atoms with Crippen LogP contribution in [0.15, 0.2) is 42.6 Å². The third-order valence-electron chi connectivity index (χ3n) is 7.55. The zero-order valence-electron chi connectivity index (χ0n) is 21.7. The third-order valence-corrected chi connectivity index (χ3v) is 7.55. The largest absolute Gasteiger partial charge is 0.336 e. The molecule has 0 spiro atoms. The van der Waals surface area contributed by atoms with Gasteiger partial charge in [0.2, 0.25) is 5.95 Å². The molecule has 2 aliphatic heterocycles. The van der Waals surface area contributed by atoms with Crippen molar-refractivity contribution in [2.24, 2.45) is 0 Å². The van der Waals surface area contributed by atoms with Crippen molar-refractivity contribution in [2.45, 2.75) is 52.1 Å². The highest BCUT2D eigenvalue weighted by Crippen LogP contribution is 2.29. The summed E-state index contributed by atoms with van der Waals surface area (Å²) in [7, 11) is 0. The van der Waals surface area contributed by atoms with E-state index in [4.69, 9.17) is 0 Å². The van der Waals surface area contributed by atoms with Crippen molar-refractivity contribution < 1.29 is 9.59 Å². The van der Waals surface area contributed by atoms with Crippen molar-refractivity contribution in [2.75, 3.05) is 18.4 Å². The van der Waals surface area contributed by atoms with Crippen LogP contribution in [-0.2, 0) is 6.42 Å². The van der Waals surface area contributed by atoms with E-state index in [1.807, 2.05) is 28.0 Å². The summed E-state index contributed by atoms with van der Waals surface area (Å²) in [5, 5.41) is 13.9. The molecule has 2 amide bonds. The second-order valence-corrected chi connectivity index (χ2v) is 10.4. The summed E-state index contributed by atoms with van der Waals surface area (Å²) < 4.78 is 0. The molecular weight excluding hydrogens is 480 g/mol. The van der Waals surface area contributed by atoms with Gasteiger partial charge in [-0.25, -0.2) is 9.97 Å².